The molecule has 1 saturated heterocycles. The zero-order valence-electron chi connectivity index (χ0n) is 12.2. The van der Waals surface area contributed by atoms with Crippen molar-refractivity contribution in [3.8, 4) is 5.75 Å². The summed E-state index contributed by atoms with van der Waals surface area (Å²) < 4.78 is 10.3. The summed E-state index contributed by atoms with van der Waals surface area (Å²) in [5.74, 6) is 0.584. The monoisotopic (exact) mass is 312 g/mol. The number of carbonyl (C=O) groups excluding carboxylic acids is 1. The first-order chi connectivity index (χ1) is 10.8. The van der Waals surface area contributed by atoms with Crippen LogP contribution in [-0.2, 0) is 9.53 Å². The van der Waals surface area contributed by atoms with Gasteiger partial charge < -0.3 is 9.47 Å². The van der Waals surface area contributed by atoms with Crippen molar-refractivity contribution >= 4 is 22.6 Å². The molecule has 2 aromatic carbocycles. The number of hydrogen-bond donors (Lipinski definition) is 0. The van der Waals surface area contributed by atoms with Gasteiger partial charge in [0, 0.05) is 16.2 Å². The van der Waals surface area contributed by atoms with Gasteiger partial charge in [-0.1, -0.05) is 42.1 Å². The number of thioether (sulfide) groups is 1. The molecule has 112 valence electrons. The summed E-state index contributed by atoms with van der Waals surface area (Å²) in [6.45, 7) is 0.461. The van der Waals surface area contributed by atoms with E-state index in [2.05, 4.69) is 0 Å². The highest BCUT2D eigenvalue weighted by molar-refractivity contribution is 8.08. The molecule has 0 aliphatic carbocycles. The molecule has 1 fully saturated rings. The van der Waals surface area contributed by atoms with Crippen molar-refractivity contribution < 1.29 is 14.3 Å². The molecule has 3 nitrogen and oxygen atoms in total. The van der Waals surface area contributed by atoms with Crippen molar-refractivity contribution in [2.24, 2.45) is 0 Å². The first-order valence-electron chi connectivity index (χ1n) is 7.05. The molecule has 0 atom stereocenters. The Bertz CT molecular complexity index is 690. The summed E-state index contributed by atoms with van der Waals surface area (Å²) in [5.41, 5.74) is 1.75. The van der Waals surface area contributed by atoms with Crippen LogP contribution in [0.15, 0.2) is 65.1 Å². The fourth-order valence-electron chi connectivity index (χ4n) is 2.28. The second-order valence-corrected chi connectivity index (χ2v) is 5.92. The van der Waals surface area contributed by atoms with E-state index < -0.39 is 0 Å². The SMILES string of the molecule is COc1ccc(/C(Sc2ccccc2)=C2\CCOC2=O)cc1. The molecular formula is C18H16O3S. The molecule has 0 radical (unpaired) electrons. The summed E-state index contributed by atoms with van der Waals surface area (Å²) in [6, 6.07) is 17.8. The van der Waals surface area contributed by atoms with Crippen molar-refractivity contribution in [2.45, 2.75) is 11.3 Å². The maximum absolute atomic E-state index is 12.0. The lowest BCUT2D eigenvalue weighted by Crippen LogP contribution is -1.98. The highest BCUT2D eigenvalue weighted by Gasteiger charge is 2.24. The Kier molecular flexibility index (Phi) is 4.49. The number of esters is 1. The van der Waals surface area contributed by atoms with Gasteiger partial charge in [0.25, 0.3) is 0 Å². The Hall–Kier alpha value is -2.20. The molecule has 2 aromatic rings. The van der Waals surface area contributed by atoms with E-state index in [0.29, 0.717) is 13.0 Å². The topological polar surface area (TPSA) is 35.5 Å². The molecule has 0 aromatic heterocycles. The van der Waals surface area contributed by atoms with Crippen LogP contribution in [0.5, 0.6) is 5.75 Å². The lowest BCUT2D eigenvalue weighted by molar-refractivity contribution is -0.134. The van der Waals surface area contributed by atoms with Crippen molar-refractivity contribution in [1.82, 2.24) is 0 Å². The van der Waals surface area contributed by atoms with E-state index in [1.807, 2.05) is 54.6 Å². The van der Waals surface area contributed by atoms with E-state index in [-0.39, 0.29) is 5.97 Å². The predicted molar refractivity (Wildman–Crippen MR) is 87.8 cm³/mol. The summed E-state index contributed by atoms with van der Waals surface area (Å²) >= 11 is 1.59. The van der Waals surface area contributed by atoms with E-state index in [9.17, 15) is 4.79 Å². The van der Waals surface area contributed by atoms with E-state index >= 15 is 0 Å². The van der Waals surface area contributed by atoms with Crippen molar-refractivity contribution in [3.05, 3.63) is 65.7 Å². The van der Waals surface area contributed by atoms with Crippen LogP contribution in [0.1, 0.15) is 12.0 Å². The minimum Gasteiger partial charge on any atom is -0.497 e. The Balaban J connectivity index is 2.01. The van der Waals surface area contributed by atoms with Gasteiger partial charge in [0.15, 0.2) is 0 Å². The van der Waals surface area contributed by atoms with Crippen LogP contribution in [-0.4, -0.2) is 19.7 Å². The highest BCUT2D eigenvalue weighted by atomic mass is 32.2. The molecule has 1 aliphatic rings. The average Bonchev–Trinajstić information content (AvgIpc) is 3.00. The number of methoxy groups -OCH3 is 1. The van der Waals surface area contributed by atoms with Crippen molar-refractivity contribution in [1.29, 1.82) is 0 Å². The fraction of sp³-hybridized carbons (Fsp3) is 0.167. The summed E-state index contributed by atoms with van der Waals surface area (Å²) in [4.78, 5) is 14.0. The molecule has 0 bridgehead atoms. The number of cyclic esters (lactones) is 1. The third-order valence-corrected chi connectivity index (χ3v) is 4.62. The van der Waals surface area contributed by atoms with E-state index in [0.717, 1.165) is 26.7 Å². The second-order valence-electron chi connectivity index (χ2n) is 4.84. The zero-order chi connectivity index (χ0) is 15.4. The van der Waals surface area contributed by atoms with Crippen molar-refractivity contribution in [3.63, 3.8) is 0 Å². The van der Waals surface area contributed by atoms with Crippen LogP contribution in [0.25, 0.3) is 4.91 Å². The molecule has 0 spiro atoms. The average molecular weight is 312 g/mol. The number of ether oxygens (including phenoxy) is 2. The largest absolute Gasteiger partial charge is 0.497 e. The number of rotatable bonds is 4. The standard InChI is InChI=1S/C18H16O3S/c1-20-14-9-7-13(8-10-14)17(16-11-12-21-18(16)19)22-15-5-3-2-4-6-15/h2-10H,11-12H2,1H3/b17-16-. The zero-order valence-corrected chi connectivity index (χ0v) is 13.1. The minimum absolute atomic E-state index is 0.214. The third kappa shape index (κ3) is 3.17. The number of hydrogen-bond acceptors (Lipinski definition) is 4. The van der Waals surface area contributed by atoms with Crippen molar-refractivity contribution in [2.75, 3.05) is 13.7 Å². The normalized spacial score (nSPS) is 16.3. The predicted octanol–water partition coefficient (Wildman–Crippen LogP) is 4.15. The molecular weight excluding hydrogens is 296 g/mol. The second kappa shape index (κ2) is 6.71. The van der Waals surface area contributed by atoms with Crippen LogP contribution in [0.4, 0.5) is 0 Å². The Labute approximate surface area is 133 Å². The quantitative estimate of drug-likeness (QED) is 0.483. The fourth-order valence-corrected chi connectivity index (χ4v) is 3.38. The maximum atomic E-state index is 12.0. The van der Waals surface area contributed by atoms with Crippen LogP contribution in [0.2, 0.25) is 0 Å². The van der Waals surface area contributed by atoms with Gasteiger partial charge in [-0.15, -0.1) is 0 Å². The Morgan fingerprint density at radius 2 is 1.82 bits per heavy atom. The summed E-state index contributed by atoms with van der Waals surface area (Å²) in [7, 11) is 1.64. The molecule has 1 aliphatic heterocycles. The molecule has 1 heterocycles. The lowest BCUT2D eigenvalue weighted by atomic mass is 10.1. The van der Waals surface area contributed by atoms with E-state index in [1.165, 1.54) is 0 Å². The van der Waals surface area contributed by atoms with Gasteiger partial charge in [0.1, 0.15) is 5.75 Å². The molecule has 4 heteroatoms. The van der Waals surface area contributed by atoms with Gasteiger partial charge in [-0.3, -0.25) is 0 Å². The first kappa shape index (κ1) is 14.7. The molecule has 0 saturated carbocycles. The number of benzene rings is 2. The molecule has 0 unspecified atom stereocenters. The third-order valence-electron chi connectivity index (χ3n) is 3.42. The highest BCUT2D eigenvalue weighted by Crippen LogP contribution is 2.39. The smallest absolute Gasteiger partial charge is 0.335 e. The van der Waals surface area contributed by atoms with Crippen LogP contribution >= 0.6 is 11.8 Å². The summed E-state index contributed by atoms with van der Waals surface area (Å²) in [6.07, 6.45) is 0.653. The summed E-state index contributed by atoms with van der Waals surface area (Å²) in [5, 5.41) is 0. The van der Waals surface area contributed by atoms with Gasteiger partial charge in [-0.05, 0) is 29.8 Å². The first-order valence-corrected chi connectivity index (χ1v) is 7.87. The van der Waals surface area contributed by atoms with E-state index in [4.69, 9.17) is 9.47 Å². The molecule has 0 N–H and O–H groups in total. The molecule has 22 heavy (non-hydrogen) atoms. The molecule has 0 amide bonds. The Morgan fingerprint density at radius 3 is 2.41 bits per heavy atom. The number of carbonyl (C=O) groups is 1. The van der Waals surface area contributed by atoms with Gasteiger partial charge in [0.05, 0.1) is 19.3 Å². The van der Waals surface area contributed by atoms with E-state index in [1.54, 1.807) is 18.9 Å². The minimum atomic E-state index is -0.214. The van der Waals surface area contributed by atoms with Gasteiger partial charge in [0.2, 0.25) is 0 Å². The van der Waals surface area contributed by atoms with Gasteiger partial charge in [-0.25, -0.2) is 4.79 Å². The molecule has 3 rings (SSSR count). The Morgan fingerprint density at radius 1 is 1.09 bits per heavy atom. The maximum Gasteiger partial charge on any atom is 0.335 e. The van der Waals surface area contributed by atoms with Crippen LogP contribution in [0, 0.1) is 0 Å². The van der Waals surface area contributed by atoms with Crippen LogP contribution < -0.4 is 4.74 Å². The van der Waals surface area contributed by atoms with Gasteiger partial charge >= 0.3 is 5.97 Å². The lowest BCUT2D eigenvalue weighted by Gasteiger charge is -2.11. The van der Waals surface area contributed by atoms with Gasteiger partial charge in [-0.2, -0.15) is 0 Å². The van der Waals surface area contributed by atoms with Crippen LogP contribution in [0.3, 0.4) is 0 Å².